The van der Waals surface area contributed by atoms with Crippen LogP contribution in [0.15, 0.2) is 52.0 Å². The third-order valence-corrected chi connectivity index (χ3v) is 5.88. The Kier molecular flexibility index (Phi) is 5.40. The molecule has 1 fully saturated rings. The number of benzene rings is 1. The average molecular weight is 388 g/mol. The van der Waals surface area contributed by atoms with Gasteiger partial charge in [-0.1, -0.05) is 12.1 Å². The molecule has 26 heavy (non-hydrogen) atoms. The molecular formula is C17H19F3N2O3S. The first-order valence-corrected chi connectivity index (χ1v) is 9.71. The quantitative estimate of drug-likeness (QED) is 0.824. The molecule has 1 unspecified atom stereocenters. The number of sulfonamides is 1. The Morgan fingerprint density at radius 2 is 1.81 bits per heavy atom. The van der Waals surface area contributed by atoms with Crippen LogP contribution in [-0.4, -0.2) is 33.0 Å². The zero-order valence-electron chi connectivity index (χ0n) is 13.9. The van der Waals surface area contributed by atoms with Gasteiger partial charge in [-0.05, 0) is 50.2 Å². The largest absolute Gasteiger partial charge is 0.468 e. The molecule has 0 bridgehead atoms. The highest BCUT2D eigenvalue weighted by Gasteiger charge is 2.37. The van der Waals surface area contributed by atoms with Crippen molar-refractivity contribution in [2.24, 2.45) is 0 Å². The molecule has 1 aliphatic rings. The lowest BCUT2D eigenvalue weighted by molar-refractivity contribution is -0.139. The number of hydrogen-bond acceptors (Lipinski definition) is 4. The first kappa shape index (κ1) is 18.9. The standard InChI is InChI=1S/C17H19F3N2O3S/c18-17(19,20)13-6-1-2-8-16(13)26(23,24)21-12-14(15-7-5-11-25-15)22-9-3-4-10-22/h1-2,5-8,11,14,21H,3-4,9-10,12H2. The van der Waals surface area contributed by atoms with E-state index in [-0.39, 0.29) is 12.6 Å². The highest BCUT2D eigenvalue weighted by Crippen LogP contribution is 2.34. The predicted molar refractivity (Wildman–Crippen MR) is 88.9 cm³/mol. The normalized spacial score (nSPS) is 17.5. The zero-order valence-corrected chi connectivity index (χ0v) is 14.7. The number of nitrogens with one attached hydrogen (secondary N) is 1. The van der Waals surface area contributed by atoms with Crippen LogP contribution < -0.4 is 4.72 Å². The van der Waals surface area contributed by atoms with Crippen molar-refractivity contribution in [2.45, 2.75) is 30.0 Å². The maximum Gasteiger partial charge on any atom is 0.417 e. The molecule has 5 nitrogen and oxygen atoms in total. The van der Waals surface area contributed by atoms with E-state index in [0.717, 1.165) is 44.1 Å². The van der Waals surface area contributed by atoms with Crippen molar-refractivity contribution in [3.05, 3.63) is 54.0 Å². The number of hydrogen-bond donors (Lipinski definition) is 1. The van der Waals surface area contributed by atoms with Crippen molar-refractivity contribution < 1.29 is 26.0 Å². The molecule has 1 saturated heterocycles. The second kappa shape index (κ2) is 7.42. The summed E-state index contributed by atoms with van der Waals surface area (Å²) < 4.78 is 72.2. The van der Waals surface area contributed by atoms with Gasteiger partial charge in [-0.15, -0.1) is 0 Å². The van der Waals surface area contributed by atoms with Gasteiger partial charge in [0.05, 0.1) is 22.8 Å². The van der Waals surface area contributed by atoms with Crippen LogP contribution in [0.1, 0.15) is 30.2 Å². The number of furan rings is 1. The molecule has 2 aromatic rings. The van der Waals surface area contributed by atoms with Gasteiger partial charge in [0, 0.05) is 6.54 Å². The van der Waals surface area contributed by atoms with E-state index in [1.54, 1.807) is 12.1 Å². The van der Waals surface area contributed by atoms with Crippen LogP contribution in [0, 0.1) is 0 Å². The lowest BCUT2D eigenvalue weighted by Crippen LogP contribution is -2.37. The average Bonchev–Trinajstić information content (AvgIpc) is 3.28. The van der Waals surface area contributed by atoms with Crippen LogP contribution in [0.5, 0.6) is 0 Å². The molecular weight excluding hydrogens is 369 g/mol. The Morgan fingerprint density at radius 1 is 1.12 bits per heavy atom. The molecule has 2 heterocycles. The van der Waals surface area contributed by atoms with Gasteiger partial charge in [-0.25, -0.2) is 13.1 Å². The highest BCUT2D eigenvalue weighted by molar-refractivity contribution is 7.89. The summed E-state index contributed by atoms with van der Waals surface area (Å²) in [5.41, 5.74) is -1.18. The van der Waals surface area contributed by atoms with Crippen LogP contribution in [-0.2, 0) is 16.2 Å². The van der Waals surface area contributed by atoms with Gasteiger partial charge in [-0.2, -0.15) is 13.2 Å². The fraction of sp³-hybridized carbons (Fsp3) is 0.412. The summed E-state index contributed by atoms with van der Waals surface area (Å²) in [6.07, 6.45) is -1.28. The molecule has 9 heteroatoms. The first-order chi connectivity index (χ1) is 12.3. The highest BCUT2D eigenvalue weighted by atomic mass is 32.2. The van der Waals surface area contributed by atoms with Gasteiger partial charge in [-0.3, -0.25) is 4.90 Å². The van der Waals surface area contributed by atoms with E-state index in [1.165, 1.54) is 12.3 Å². The van der Waals surface area contributed by atoms with Crippen molar-refractivity contribution >= 4 is 10.0 Å². The molecule has 1 aromatic carbocycles. The van der Waals surface area contributed by atoms with Crippen LogP contribution in [0.4, 0.5) is 13.2 Å². The first-order valence-electron chi connectivity index (χ1n) is 8.22. The van der Waals surface area contributed by atoms with Crippen LogP contribution in [0.3, 0.4) is 0 Å². The second-order valence-corrected chi connectivity index (χ2v) is 7.86. The maximum absolute atomic E-state index is 13.1. The van der Waals surface area contributed by atoms with E-state index in [2.05, 4.69) is 9.62 Å². The molecule has 0 spiro atoms. The van der Waals surface area contributed by atoms with E-state index < -0.39 is 26.7 Å². The van der Waals surface area contributed by atoms with E-state index in [9.17, 15) is 21.6 Å². The van der Waals surface area contributed by atoms with Crippen molar-refractivity contribution in [1.82, 2.24) is 9.62 Å². The maximum atomic E-state index is 13.1. The molecule has 0 saturated carbocycles. The van der Waals surface area contributed by atoms with Gasteiger partial charge in [0.15, 0.2) is 0 Å². The predicted octanol–water partition coefficient (Wildman–Crippen LogP) is 3.41. The van der Waals surface area contributed by atoms with Crippen molar-refractivity contribution in [3.8, 4) is 0 Å². The number of nitrogens with zero attached hydrogens (tertiary/aromatic N) is 1. The van der Waals surface area contributed by atoms with Crippen molar-refractivity contribution in [1.29, 1.82) is 0 Å². The molecule has 1 aliphatic heterocycles. The van der Waals surface area contributed by atoms with E-state index in [4.69, 9.17) is 4.42 Å². The van der Waals surface area contributed by atoms with Crippen LogP contribution in [0.25, 0.3) is 0 Å². The smallest absolute Gasteiger partial charge is 0.417 e. The Balaban J connectivity index is 1.83. The topological polar surface area (TPSA) is 62.6 Å². The summed E-state index contributed by atoms with van der Waals surface area (Å²) in [6.45, 7) is 1.50. The van der Waals surface area contributed by atoms with Gasteiger partial charge >= 0.3 is 6.18 Å². The SMILES string of the molecule is O=S(=O)(NCC(c1ccco1)N1CCCC1)c1ccccc1C(F)(F)F. The minimum atomic E-state index is -4.75. The fourth-order valence-corrected chi connectivity index (χ4v) is 4.41. The second-order valence-electron chi connectivity index (χ2n) is 6.12. The summed E-state index contributed by atoms with van der Waals surface area (Å²) in [6, 6.07) is 7.24. The summed E-state index contributed by atoms with van der Waals surface area (Å²) >= 11 is 0. The summed E-state index contributed by atoms with van der Waals surface area (Å²) in [7, 11) is -4.33. The minimum Gasteiger partial charge on any atom is -0.468 e. The number of rotatable bonds is 6. The van der Waals surface area contributed by atoms with E-state index >= 15 is 0 Å². The van der Waals surface area contributed by atoms with E-state index in [0.29, 0.717) is 5.76 Å². The molecule has 3 rings (SSSR count). The molecule has 1 N–H and O–H groups in total. The lowest BCUT2D eigenvalue weighted by Gasteiger charge is -2.26. The lowest BCUT2D eigenvalue weighted by atomic mass is 10.2. The number of alkyl halides is 3. The Hall–Kier alpha value is -1.84. The molecule has 0 radical (unpaired) electrons. The Bertz CT molecular complexity index is 829. The van der Waals surface area contributed by atoms with Gasteiger partial charge in [0.25, 0.3) is 0 Å². The molecule has 1 aromatic heterocycles. The van der Waals surface area contributed by atoms with Crippen LogP contribution >= 0.6 is 0 Å². The van der Waals surface area contributed by atoms with Crippen molar-refractivity contribution in [2.75, 3.05) is 19.6 Å². The zero-order chi connectivity index (χ0) is 18.8. The summed E-state index contributed by atoms with van der Waals surface area (Å²) in [5.74, 6) is 0.582. The van der Waals surface area contributed by atoms with Gasteiger partial charge in [0.2, 0.25) is 10.0 Å². The monoisotopic (exact) mass is 388 g/mol. The Labute approximate surface area is 149 Å². The number of halogens is 3. The molecule has 0 amide bonds. The van der Waals surface area contributed by atoms with Crippen LogP contribution in [0.2, 0.25) is 0 Å². The van der Waals surface area contributed by atoms with Gasteiger partial charge in [0.1, 0.15) is 5.76 Å². The Morgan fingerprint density at radius 3 is 2.42 bits per heavy atom. The van der Waals surface area contributed by atoms with Crippen molar-refractivity contribution in [3.63, 3.8) is 0 Å². The third kappa shape index (κ3) is 4.11. The fourth-order valence-electron chi connectivity index (χ4n) is 3.15. The number of likely N-dealkylation sites (tertiary alicyclic amines) is 1. The van der Waals surface area contributed by atoms with Gasteiger partial charge < -0.3 is 4.42 Å². The molecule has 1 atom stereocenters. The molecule has 0 aliphatic carbocycles. The van der Waals surface area contributed by atoms with E-state index in [1.807, 2.05) is 0 Å². The summed E-state index contributed by atoms with van der Waals surface area (Å²) in [5, 5.41) is 0. The third-order valence-electron chi connectivity index (χ3n) is 4.40. The summed E-state index contributed by atoms with van der Waals surface area (Å²) in [4.78, 5) is 1.30. The molecule has 142 valence electrons. The minimum absolute atomic E-state index is 0.0674.